The largest absolute Gasteiger partial charge is 0.481 e. The minimum atomic E-state index is -0.845. The quantitative estimate of drug-likeness (QED) is 0.779. The fourth-order valence-corrected chi connectivity index (χ4v) is 3.02. The van der Waals surface area contributed by atoms with E-state index in [2.05, 4.69) is 15.6 Å². The first-order valence-electron chi connectivity index (χ1n) is 6.87. The molecule has 0 saturated heterocycles. The predicted molar refractivity (Wildman–Crippen MR) is 77.1 cm³/mol. The molecule has 3 N–H and O–H groups in total. The maximum absolute atomic E-state index is 11.8. The number of nitrogens with zero attached hydrogens (tertiary/aromatic N) is 1. The summed E-state index contributed by atoms with van der Waals surface area (Å²) < 4.78 is 0. The Hall–Kier alpha value is -1.63. The van der Waals surface area contributed by atoms with Gasteiger partial charge in [0.05, 0.1) is 12.1 Å². The fourth-order valence-electron chi connectivity index (χ4n) is 2.28. The van der Waals surface area contributed by atoms with Crippen molar-refractivity contribution in [2.24, 2.45) is 0 Å². The zero-order valence-corrected chi connectivity index (χ0v) is 12.0. The number of hydrogen-bond donors (Lipinski definition) is 3. The number of nitrogens with one attached hydrogen (secondary N) is 2. The van der Waals surface area contributed by atoms with Gasteiger partial charge in [-0.05, 0) is 12.8 Å². The van der Waals surface area contributed by atoms with Gasteiger partial charge in [0.2, 0.25) is 0 Å². The van der Waals surface area contributed by atoms with Crippen LogP contribution in [0.5, 0.6) is 0 Å². The van der Waals surface area contributed by atoms with Crippen LogP contribution in [0, 0.1) is 0 Å². The maximum Gasteiger partial charge on any atom is 0.321 e. The Kier molecular flexibility index (Phi) is 5.34. The first-order chi connectivity index (χ1) is 9.63. The van der Waals surface area contributed by atoms with Gasteiger partial charge in [-0.3, -0.25) is 10.1 Å². The number of carbonyl (C=O) groups is 2. The average Bonchev–Trinajstić information content (AvgIpc) is 2.85. The number of amides is 2. The van der Waals surface area contributed by atoms with Crippen LogP contribution in [0.4, 0.5) is 9.93 Å². The summed E-state index contributed by atoms with van der Waals surface area (Å²) >= 11 is 1.32. The van der Waals surface area contributed by atoms with Crippen LogP contribution in [0.15, 0.2) is 5.38 Å². The molecule has 0 atom stereocenters. The normalized spacial score (nSPS) is 15.8. The van der Waals surface area contributed by atoms with Crippen LogP contribution in [-0.4, -0.2) is 28.1 Å². The van der Waals surface area contributed by atoms with Crippen LogP contribution >= 0.6 is 11.3 Å². The fraction of sp³-hybridized carbons (Fsp3) is 0.615. The molecule has 20 heavy (non-hydrogen) atoms. The van der Waals surface area contributed by atoms with E-state index in [0.29, 0.717) is 17.2 Å². The second kappa shape index (κ2) is 7.23. The van der Waals surface area contributed by atoms with Crippen LogP contribution in [0.25, 0.3) is 0 Å². The first-order valence-corrected chi connectivity index (χ1v) is 7.75. The molecule has 0 unspecified atom stereocenters. The smallest absolute Gasteiger partial charge is 0.321 e. The minimum Gasteiger partial charge on any atom is -0.481 e. The van der Waals surface area contributed by atoms with E-state index >= 15 is 0 Å². The Morgan fingerprint density at radius 1 is 1.35 bits per heavy atom. The van der Waals surface area contributed by atoms with Crippen molar-refractivity contribution in [2.75, 3.05) is 5.32 Å². The highest BCUT2D eigenvalue weighted by Gasteiger charge is 2.16. The highest BCUT2D eigenvalue weighted by molar-refractivity contribution is 7.13. The molecule has 2 amide bonds. The van der Waals surface area contributed by atoms with E-state index in [4.69, 9.17) is 5.11 Å². The topological polar surface area (TPSA) is 91.3 Å². The molecule has 1 aromatic rings. The van der Waals surface area contributed by atoms with E-state index < -0.39 is 5.97 Å². The van der Waals surface area contributed by atoms with Gasteiger partial charge >= 0.3 is 12.0 Å². The number of carbonyl (C=O) groups excluding carboxylic acids is 1. The number of thiazole rings is 1. The van der Waals surface area contributed by atoms with Gasteiger partial charge in [0.15, 0.2) is 5.13 Å². The molecule has 1 saturated carbocycles. The summed E-state index contributed by atoms with van der Waals surface area (Å²) in [5, 5.41) is 16.6. The van der Waals surface area contributed by atoms with Crippen molar-refractivity contribution in [3.63, 3.8) is 0 Å². The van der Waals surface area contributed by atoms with Crippen LogP contribution in [0.1, 0.15) is 44.2 Å². The van der Waals surface area contributed by atoms with Crippen LogP contribution in [0.3, 0.4) is 0 Å². The van der Waals surface area contributed by atoms with E-state index in [0.717, 1.165) is 12.8 Å². The lowest BCUT2D eigenvalue weighted by Gasteiger charge is -2.22. The highest BCUT2D eigenvalue weighted by Crippen LogP contribution is 2.19. The van der Waals surface area contributed by atoms with Crippen molar-refractivity contribution in [3.05, 3.63) is 11.1 Å². The van der Waals surface area contributed by atoms with Crippen molar-refractivity contribution in [2.45, 2.75) is 51.0 Å². The molecule has 7 heteroatoms. The number of anilines is 1. The molecule has 1 aromatic heterocycles. The molecule has 2 rings (SSSR count). The predicted octanol–water partition coefficient (Wildman–Crippen LogP) is 2.61. The Morgan fingerprint density at radius 2 is 2.10 bits per heavy atom. The van der Waals surface area contributed by atoms with Crippen LogP contribution < -0.4 is 10.6 Å². The molecule has 0 aromatic carbocycles. The standard InChI is InChI=1S/C13H19N3O3S/c17-11(18)7-6-10-8-20-13(15-10)16-12(19)14-9-4-2-1-3-5-9/h8-9H,1-7H2,(H,17,18)(H2,14,15,16,19). The molecule has 1 heterocycles. The third kappa shape index (κ3) is 4.80. The Morgan fingerprint density at radius 3 is 2.80 bits per heavy atom. The zero-order valence-electron chi connectivity index (χ0n) is 11.2. The lowest BCUT2D eigenvalue weighted by atomic mass is 9.96. The highest BCUT2D eigenvalue weighted by atomic mass is 32.1. The lowest BCUT2D eigenvalue weighted by Crippen LogP contribution is -2.38. The van der Waals surface area contributed by atoms with E-state index in [-0.39, 0.29) is 18.5 Å². The van der Waals surface area contributed by atoms with Gasteiger partial charge < -0.3 is 10.4 Å². The summed E-state index contributed by atoms with van der Waals surface area (Å²) in [5.74, 6) is -0.845. The second-order valence-electron chi connectivity index (χ2n) is 4.97. The van der Waals surface area contributed by atoms with E-state index in [1.165, 1.54) is 30.6 Å². The third-order valence-electron chi connectivity index (χ3n) is 3.31. The molecule has 1 aliphatic carbocycles. The number of urea groups is 1. The third-order valence-corrected chi connectivity index (χ3v) is 4.11. The zero-order chi connectivity index (χ0) is 14.4. The monoisotopic (exact) mass is 297 g/mol. The summed E-state index contributed by atoms with van der Waals surface area (Å²) in [6, 6.07) is 0.0335. The molecule has 0 bridgehead atoms. The number of aliphatic carboxylic acids is 1. The number of carboxylic acids is 1. The van der Waals surface area contributed by atoms with Crippen molar-refractivity contribution in [1.82, 2.24) is 10.3 Å². The Labute approximate surface area is 121 Å². The number of aryl methyl sites for hydroxylation is 1. The number of hydrogen-bond acceptors (Lipinski definition) is 4. The molecule has 1 fully saturated rings. The average molecular weight is 297 g/mol. The first kappa shape index (κ1) is 14.8. The van der Waals surface area contributed by atoms with Crippen molar-refractivity contribution < 1.29 is 14.7 Å². The lowest BCUT2D eigenvalue weighted by molar-refractivity contribution is -0.136. The van der Waals surface area contributed by atoms with Gasteiger partial charge in [0.25, 0.3) is 0 Å². The molecule has 0 radical (unpaired) electrons. The number of aromatic nitrogens is 1. The van der Waals surface area contributed by atoms with Gasteiger partial charge in [0, 0.05) is 17.8 Å². The Balaban J connectivity index is 1.77. The molecule has 0 aliphatic heterocycles. The van der Waals surface area contributed by atoms with E-state index in [1.54, 1.807) is 5.38 Å². The van der Waals surface area contributed by atoms with Gasteiger partial charge in [-0.2, -0.15) is 0 Å². The molecule has 1 aliphatic rings. The van der Waals surface area contributed by atoms with Gasteiger partial charge in [0.1, 0.15) is 0 Å². The minimum absolute atomic E-state index is 0.0530. The Bertz CT molecular complexity index is 469. The molecule has 110 valence electrons. The second-order valence-corrected chi connectivity index (χ2v) is 5.83. The summed E-state index contributed by atoms with van der Waals surface area (Å²) in [6.07, 6.45) is 6.10. The summed E-state index contributed by atoms with van der Waals surface area (Å²) in [6.45, 7) is 0. The number of carboxylic acid groups (broad SMARTS) is 1. The van der Waals surface area contributed by atoms with Crippen LogP contribution in [0.2, 0.25) is 0 Å². The summed E-state index contributed by atoms with van der Waals surface area (Å²) in [4.78, 5) is 26.5. The van der Waals surface area contributed by atoms with Crippen molar-refractivity contribution >= 4 is 28.5 Å². The van der Waals surface area contributed by atoms with Gasteiger partial charge in [-0.25, -0.2) is 9.78 Å². The van der Waals surface area contributed by atoms with Gasteiger partial charge in [-0.15, -0.1) is 11.3 Å². The van der Waals surface area contributed by atoms with E-state index in [1.807, 2.05) is 0 Å². The van der Waals surface area contributed by atoms with E-state index in [9.17, 15) is 9.59 Å². The van der Waals surface area contributed by atoms with Gasteiger partial charge in [-0.1, -0.05) is 19.3 Å². The summed E-state index contributed by atoms with van der Waals surface area (Å²) in [5.41, 5.74) is 0.699. The molecular weight excluding hydrogens is 278 g/mol. The summed E-state index contributed by atoms with van der Waals surface area (Å²) in [7, 11) is 0. The SMILES string of the molecule is O=C(O)CCc1csc(NC(=O)NC2CCCCC2)n1. The molecule has 0 spiro atoms. The van der Waals surface area contributed by atoms with Crippen molar-refractivity contribution in [3.8, 4) is 0 Å². The maximum atomic E-state index is 11.8. The number of rotatable bonds is 5. The molecular formula is C13H19N3O3S. The molecule has 6 nitrogen and oxygen atoms in total. The van der Waals surface area contributed by atoms with Crippen molar-refractivity contribution in [1.29, 1.82) is 0 Å². The van der Waals surface area contributed by atoms with Crippen LogP contribution in [-0.2, 0) is 11.2 Å².